The number of imidazole rings is 1. The zero-order chi connectivity index (χ0) is 16.7. The molecule has 1 aliphatic rings. The molecule has 0 saturated heterocycles. The summed E-state index contributed by atoms with van der Waals surface area (Å²) in [6.45, 7) is 0. The summed E-state index contributed by atoms with van der Waals surface area (Å²) >= 11 is 6.27. The summed E-state index contributed by atoms with van der Waals surface area (Å²) in [5, 5.41) is 0.704. The maximum absolute atomic E-state index is 6.61. The summed E-state index contributed by atoms with van der Waals surface area (Å²) in [5.41, 5.74) is 13.0. The van der Waals surface area contributed by atoms with Gasteiger partial charge in [0.15, 0.2) is 0 Å². The van der Waals surface area contributed by atoms with Crippen LogP contribution in [0.25, 0.3) is 11.6 Å². The summed E-state index contributed by atoms with van der Waals surface area (Å²) < 4.78 is 1.95. The number of halogens is 1. The second-order valence-electron chi connectivity index (χ2n) is 6.02. The Morgan fingerprint density at radius 2 is 2.17 bits per heavy atom. The Labute approximate surface area is 145 Å². The van der Waals surface area contributed by atoms with Crippen molar-refractivity contribution in [2.24, 2.45) is 12.8 Å². The number of nitrogens with two attached hydrogens (primary N) is 1. The van der Waals surface area contributed by atoms with E-state index in [1.807, 2.05) is 42.2 Å². The van der Waals surface area contributed by atoms with Gasteiger partial charge in [-0.15, -0.1) is 0 Å². The molecule has 0 amide bonds. The van der Waals surface area contributed by atoms with E-state index in [-0.39, 0.29) is 6.04 Å². The molecule has 0 spiro atoms. The van der Waals surface area contributed by atoms with Gasteiger partial charge >= 0.3 is 0 Å². The molecule has 4 nitrogen and oxygen atoms in total. The highest BCUT2D eigenvalue weighted by Gasteiger charge is 2.23. The third-order valence-corrected chi connectivity index (χ3v) is 4.72. The first-order valence-corrected chi connectivity index (χ1v) is 8.17. The molecule has 5 heteroatoms. The summed E-state index contributed by atoms with van der Waals surface area (Å²) in [5.74, 6) is 0. The highest BCUT2D eigenvalue weighted by atomic mass is 35.5. The van der Waals surface area contributed by atoms with Crippen molar-refractivity contribution in [3.8, 4) is 0 Å². The highest BCUT2D eigenvalue weighted by molar-refractivity contribution is 6.30. The molecule has 0 aliphatic heterocycles. The van der Waals surface area contributed by atoms with E-state index in [2.05, 4.69) is 28.2 Å². The Morgan fingerprint density at radius 3 is 2.96 bits per heavy atom. The standard InChI is InChI=1S/C19H17ClN4/c1-24-11-22-10-18(24)19(21)16-7-13-3-2-6-23-17(13)8-12-4-5-14(20)9-15(12)16/h2-7,9-11,19H,8,21H2,1H3. The Hall–Kier alpha value is -2.43. The predicted octanol–water partition coefficient (Wildman–Crippen LogP) is 3.61. The molecule has 0 saturated carbocycles. The van der Waals surface area contributed by atoms with E-state index >= 15 is 0 Å². The van der Waals surface area contributed by atoms with Gasteiger partial charge in [-0.3, -0.25) is 4.98 Å². The molecule has 1 unspecified atom stereocenters. The predicted molar refractivity (Wildman–Crippen MR) is 96.5 cm³/mol. The van der Waals surface area contributed by atoms with Crippen molar-refractivity contribution in [1.29, 1.82) is 0 Å². The minimum absolute atomic E-state index is 0.291. The maximum atomic E-state index is 6.61. The quantitative estimate of drug-likeness (QED) is 0.777. The van der Waals surface area contributed by atoms with E-state index in [1.165, 1.54) is 5.56 Å². The normalized spacial score (nSPS) is 14.4. The van der Waals surface area contributed by atoms with Gasteiger partial charge in [0.2, 0.25) is 0 Å². The van der Waals surface area contributed by atoms with Crippen molar-refractivity contribution in [1.82, 2.24) is 14.5 Å². The van der Waals surface area contributed by atoms with Gasteiger partial charge in [-0.25, -0.2) is 4.98 Å². The number of rotatable bonds is 2. The Balaban J connectivity index is 1.94. The number of aromatic nitrogens is 3. The van der Waals surface area contributed by atoms with Crippen molar-refractivity contribution < 1.29 is 0 Å². The van der Waals surface area contributed by atoms with Crippen LogP contribution in [0.2, 0.25) is 5.02 Å². The highest BCUT2D eigenvalue weighted by Crippen LogP contribution is 2.37. The first-order chi connectivity index (χ1) is 11.6. The minimum Gasteiger partial charge on any atom is -0.336 e. The topological polar surface area (TPSA) is 56.7 Å². The van der Waals surface area contributed by atoms with Gasteiger partial charge in [-0.1, -0.05) is 23.7 Å². The van der Waals surface area contributed by atoms with Crippen LogP contribution in [0.15, 0.2) is 49.1 Å². The average Bonchev–Trinajstić information content (AvgIpc) is 2.93. The monoisotopic (exact) mass is 336 g/mol. The molecule has 1 aliphatic carbocycles. The summed E-state index contributed by atoms with van der Waals surface area (Å²) in [6, 6.07) is 9.70. The molecule has 3 aromatic rings. The van der Waals surface area contributed by atoms with Gasteiger partial charge in [0, 0.05) is 24.7 Å². The minimum atomic E-state index is -0.291. The molecule has 2 N–H and O–H groups in total. The number of nitrogens with zero attached hydrogens (tertiary/aromatic N) is 3. The molecule has 4 rings (SSSR count). The molecule has 1 aromatic carbocycles. The second kappa shape index (κ2) is 5.89. The molecule has 0 bridgehead atoms. The zero-order valence-electron chi connectivity index (χ0n) is 13.3. The van der Waals surface area contributed by atoms with Crippen molar-refractivity contribution >= 4 is 23.3 Å². The third kappa shape index (κ3) is 2.54. The fraction of sp³-hybridized carbons (Fsp3) is 0.158. The molecule has 0 radical (unpaired) electrons. The van der Waals surface area contributed by atoms with Crippen molar-refractivity contribution in [2.45, 2.75) is 12.5 Å². The van der Waals surface area contributed by atoms with Gasteiger partial charge in [-0.05, 0) is 46.5 Å². The van der Waals surface area contributed by atoms with Crippen LogP contribution in [-0.4, -0.2) is 14.5 Å². The molecule has 24 heavy (non-hydrogen) atoms. The number of aryl methyl sites for hydroxylation is 1. The average molecular weight is 337 g/mol. The van der Waals surface area contributed by atoms with Crippen LogP contribution in [0.1, 0.15) is 34.1 Å². The summed E-state index contributed by atoms with van der Waals surface area (Å²) in [6.07, 6.45) is 8.29. The SMILES string of the molecule is Cn1cncc1C(N)C1=Cc2cccnc2Cc2ccc(Cl)cc21. The van der Waals surface area contributed by atoms with Gasteiger partial charge in [0.05, 0.1) is 30.0 Å². The number of fused-ring (bicyclic) bond motifs is 2. The van der Waals surface area contributed by atoms with E-state index in [1.54, 1.807) is 6.33 Å². The number of hydrogen-bond donors (Lipinski definition) is 1. The Bertz CT molecular complexity index is 942. The van der Waals surface area contributed by atoms with E-state index in [0.29, 0.717) is 5.02 Å². The van der Waals surface area contributed by atoms with Crippen LogP contribution in [0.3, 0.4) is 0 Å². The molecule has 1 atom stereocenters. The van der Waals surface area contributed by atoms with Crippen molar-refractivity contribution in [3.05, 3.63) is 82.2 Å². The Morgan fingerprint density at radius 1 is 1.29 bits per heavy atom. The van der Waals surface area contributed by atoms with Crippen LogP contribution in [-0.2, 0) is 13.5 Å². The first-order valence-electron chi connectivity index (χ1n) is 7.79. The molecular weight excluding hydrogens is 320 g/mol. The van der Waals surface area contributed by atoms with Crippen LogP contribution in [0.4, 0.5) is 0 Å². The fourth-order valence-electron chi connectivity index (χ4n) is 3.21. The van der Waals surface area contributed by atoms with E-state index < -0.39 is 0 Å². The van der Waals surface area contributed by atoms with Gasteiger partial charge in [0.1, 0.15) is 0 Å². The Kier molecular flexibility index (Phi) is 3.71. The number of hydrogen-bond acceptors (Lipinski definition) is 3. The van der Waals surface area contributed by atoms with Gasteiger partial charge in [-0.2, -0.15) is 0 Å². The van der Waals surface area contributed by atoms with Gasteiger partial charge < -0.3 is 10.3 Å². The van der Waals surface area contributed by atoms with Gasteiger partial charge in [0.25, 0.3) is 0 Å². The van der Waals surface area contributed by atoms with E-state index in [9.17, 15) is 0 Å². The molecular formula is C19H17ClN4. The summed E-state index contributed by atoms with van der Waals surface area (Å²) in [4.78, 5) is 8.73. The lowest BCUT2D eigenvalue weighted by atomic mass is 9.92. The summed E-state index contributed by atoms with van der Waals surface area (Å²) in [7, 11) is 1.95. The smallest absolute Gasteiger partial charge is 0.0946 e. The zero-order valence-corrected chi connectivity index (χ0v) is 14.0. The molecule has 2 heterocycles. The maximum Gasteiger partial charge on any atom is 0.0946 e. The molecule has 120 valence electrons. The first kappa shape index (κ1) is 15.1. The lowest BCUT2D eigenvalue weighted by molar-refractivity contribution is 0.775. The van der Waals surface area contributed by atoms with Crippen LogP contribution in [0, 0.1) is 0 Å². The number of benzene rings is 1. The van der Waals surface area contributed by atoms with Crippen LogP contribution < -0.4 is 5.73 Å². The van der Waals surface area contributed by atoms with Crippen molar-refractivity contribution in [2.75, 3.05) is 0 Å². The fourth-order valence-corrected chi connectivity index (χ4v) is 3.38. The van der Waals surface area contributed by atoms with E-state index in [0.717, 1.165) is 34.5 Å². The van der Waals surface area contributed by atoms with Crippen molar-refractivity contribution in [3.63, 3.8) is 0 Å². The van der Waals surface area contributed by atoms with Crippen LogP contribution in [0.5, 0.6) is 0 Å². The third-order valence-electron chi connectivity index (χ3n) is 4.48. The lowest BCUT2D eigenvalue weighted by Crippen LogP contribution is -2.16. The molecule has 0 fully saturated rings. The van der Waals surface area contributed by atoms with E-state index in [4.69, 9.17) is 17.3 Å². The number of pyridine rings is 1. The molecule has 2 aromatic heterocycles. The van der Waals surface area contributed by atoms with Crippen LogP contribution >= 0.6 is 11.6 Å². The second-order valence-corrected chi connectivity index (χ2v) is 6.46. The lowest BCUT2D eigenvalue weighted by Gasteiger charge is -2.18. The largest absolute Gasteiger partial charge is 0.336 e.